The molecule has 0 aliphatic carbocycles. The van der Waals surface area contributed by atoms with E-state index in [9.17, 15) is 0 Å². The summed E-state index contributed by atoms with van der Waals surface area (Å²) in [6.07, 6.45) is 0. The largest absolute Gasteiger partial charge is 0.290 e. The van der Waals surface area contributed by atoms with E-state index in [1.54, 1.807) is 11.0 Å². The second-order valence-electron chi connectivity index (χ2n) is 2.90. The SMILES string of the molecule is ONc1nc2cc(Cl)c(Cl)cc2nc1NO. The minimum atomic E-state index is -0.0200. The molecule has 4 N–H and O–H groups in total. The van der Waals surface area contributed by atoms with Crippen molar-refractivity contribution in [2.24, 2.45) is 0 Å². The number of halogens is 2. The highest BCUT2D eigenvalue weighted by Gasteiger charge is 2.09. The van der Waals surface area contributed by atoms with Gasteiger partial charge in [0.25, 0.3) is 0 Å². The number of aromatic nitrogens is 2. The van der Waals surface area contributed by atoms with Gasteiger partial charge in [-0.1, -0.05) is 23.2 Å². The lowest BCUT2D eigenvalue weighted by molar-refractivity contribution is 0.373. The van der Waals surface area contributed by atoms with Crippen molar-refractivity contribution in [2.75, 3.05) is 11.0 Å². The monoisotopic (exact) mass is 260 g/mol. The summed E-state index contributed by atoms with van der Waals surface area (Å²) in [5.74, 6) is -0.0400. The van der Waals surface area contributed by atoms with Crippen molar-refractivity contribution in [3.8, 4) is 0 Å². The number of nitrogens with zero attached hydrogens (tertiary/aromatic N) is 2. The maximum Gasteiger partial charge on any atom is 0.195 e. The Morgan fingerprint density at radius 1 is 0.875 bits per heavy atom. The van der Waals surface area contributed by atoms with Gasteiger partial charge < -0.3 is 0 Å². The lowest BCUT2D eigenvalue weighted by Crippen LogP contribution is -2.03. The molecule has 0 aliphatic rings. The predicted molar refractivity (Wildman–Crippen MR) is 60.4 cm³/mol. The summed E-state index contributed by atoms with van der Waals surface area (Å²) >= 11 is 11.6. The molecule has 1 aromatic carbocycles. The summed E-state index contributed by atoms with van der Waals surface area (Å²) in [5.41, 5.74) is 4.47. The van der Waals surface area contributed by atoms with Gasteiger partial charge in [-0.2, -0.15) is 0 Å². The van der Waals surface area contributed by atoms with Gasteiger partial charge in [0.2, 0.25) is 0 Å². The number of nitrogens with one attached hydrogen (secondary N) is 2. The normalized spacial score (nSPS) is 10.5. The van der Waals surface area contributed by atoms with Crippen LogP contribution in [-0.2, 0) is 0 Å². The summed E-state index contributed by atoms with van der Waals surface area (Å²) in [7, 11) is 0. The lowest BCUT2D eigenvalue weighted by Gasteiger charge is -2.07. The molecule has 0 aliphatic heterocycles. The molecule has 0 unspecified atom stereocenters. The van der Waals surface area contributed by atoms with Gasteiger partial charge in [0.15, 0.2) is 11.6 Å². The molecule has 0 atom stereocenters. The van der Waals surface area contributed by atoms with E-state index in [0.29, 0.717) is 21.1 Å². The molecule has 84 valence electrons. The molecule has 0 bridgehead atoms. The molecule has 2 rings (SSSR count). The van der Waals surface area contributed by atoms with Gasteiger partial charge in [-0.25, -0.2) is 20.9 Å². The minimum absolute atomic E-state index is 0.0200. The van der Waals surface area contributed by atoms with Crippen molar-refractivity contribution >= 4 is 45.9 Å². The Kier molecular flexibility index (Phi) is 2.97. The molecule has 0 amide bonds. The molecular formula is C8H6Cl2N4O2. The first-order chi connectivity index (χ1) is 7.65. The zero-order valence-electron chi connectivity index (χ0n) is 7.70. The molecular weight excluding hydrogens is 255 g/mol. The summed E-state index contributed by atoms with van der Waals surface area (Å²) in [5, 5.41) is 18.2. The van der Waals surface area contributed by atoms with Crippen molar-refractivity contribution in [3.63, 3.8) is 0 Å². The second kappa shape index (κ2) is 4.26. The van der Waals surface area contributed by atoms with Gasteiger partial charge in [0.1, 0.15) is 0 Å². The van der Waals surface area contributed by atoms with Crippen LogP contribution in [0.25, 0.3) is 11.0 Å². The molecule has 6 nitrogen and oxygen atoms in total. The van der Waals surface area contributed by atoms with E-state index < -0.39 is 0 Å². The van der Waals surface area contributed by atoms with Crippen LogP contribution in [0, 0.1) is 0 Å². The number of hydrogen-bond acceptors (Lipinski definition) is 6. The summed E-state index contributed by atoms with van der Waals surface area (Å²) in [6, 6.07) is 3.02. The maximum absolute atomic E-state index is 8.77. The third-order valence-electron chi connectivity index (χ3n) is 1.92. The van der Waals surface area contributed by atoms with Crippen molar-refractivity contribution < 1.29 is 10.4 Å². The second-order valence-corrected chi connectivity index (χ2v) is 3.71. The Bertz CT molecular complexity index is 501. The van der Waals surface area contributed by atoms with Crippen LogP contribution < -0.4 is 11.0 Å². The number of anilines is 2. The molecule has 1 aromatic heterocycles. The minimum Gasteiger partial charge on any atom is -0.290 e. The zero-order chi connectivity index (χ0) is 11.7. The Labute approximate surface area is 99.8 Å². The fraction of sp³-hybridized carbons (Fsp3) is 0. The van der Waals surface area contributed by atoms with E-state index in [0.717, 1.165) is 0 Å². The fourth-order valence-corrected chi connectivity index (χ4v) is 1.52. The van der Waals surface area contributed by atoms with Gasteiger partial charge >= 0.3 is 0 Å². The standard InChI is InChI=1S/C8H6Cl2N4O2/c9-3-1-5-6(2-4(3)10)12-8(14-16)7(11-5)13-15/h1-2,15-16H,(H,11,13)(H,12,14). The molecule has 2 aromatic rings. The van der Waals surface area contributed by atoms with Gasteiger partial charge in [-0.05, 0) is 12.1 Å². The van der Waals surface area contributed by atoms with Crippen molar-refractivity contribution in [1.29, 1.82) is 0 Å². The predicted octanol–water partition coefficient (Wildman–Crippen LogP) is 2.54. The lowest BCUT2D eigenvalue weighted by atomic mass is 10.3. The van der Waals surface area contributed by atoms with Crippen LogP contribution in [-0.4, -0.2) is 20.4 Å². The first kappa shape index (κ1) is 11.2. The highest BCUT2D eigenvalue weighted by atomic mass is 35.5. The summed E-state index contributed by atoms with van der Waals surface area (Å²) < 4.78 is 0. The van der Waals surface area contributed by atoms with Gasteiger partial charge in [-0.3, -0.25) is 10.4 Å². The van der Waals surface area contributed by atoms with E-state index in [2.05, 4.69) is 9.97 Å². The van der Waals surface area contributed by atoms with Crippen LogP contribution in [0.2, 0.25) is 10.0 Å². The molecule has 0 fully saturated rings. The number of benzene rings is 1. The maximum atomic E-state index is 8.77. The zero-order valence-corrected chi connectivity index (χ0v) is 9.21. The van der Waals surface area contributed by atoms with E-state index in [1.807, 2.05) is 0 Å². The Hall–Kier alpha value is -1.34. The first-order valence-electron chi connectivity index (χ1n) is 4.12. The van der Waals surface area contributed by atoms with E-state index >= 15 is 0 Å². The third-order valence-corrected chi connectivity index (χ3v) is 2.64. The quantitative estimate of drug-likeness (QED) is 0.621. The average Bonchev–Trinajstić information content (AvgIpc) is 2.29. The molecule has 0 radical (unpaired) electrons. The first-order valence-corrected chi connectivity index (χ1v) is 4.88. The highest BCUT2D eigenvalue weighted by molar-refractivity contribution is 6.42. The number of hydrogen-bond donors (Lipinski definition) is 4. The Morgan fingerprint density at radius 3 is 1.56 bits per heavy atom. The van der Waals surface area contributed by atoms with Crippen LogP contribution in [0.15, 0.2) is 12.1 Å². The molecule has 0 saturated carbocycles. The molecule has 1 heterocycles. The molecule has 0 saturated heterocycles. The van der Waals surface area contributed by atoms with E-state index in [1.165, 1.54) is 12.1 Å². The highest BCUT2D eigenvalue weighted by Crippen LogP contribution is 2.28. The summed E-state index contributed by atoms with van der Waals surface area (Å²) in [6.45, 7) is 0. The van der Waals surface area contributed by atoms with E-state index in [4.69, 9.17) is 33.6 Å². The van der Waals surface area contributed by atoms with Gasteiger partial charge in [-0.15, -0.1) is 0 Å². The number of rotatable bonds is 2. The van der Waals surface area contributed by atoms with Crippen LogP contribution >= 0.6 is 23.2 Å². The van der Waals surface area contributed by atoms with Crippen LogP contribution in [0.5, 0.6) is 0 Å². The Morgan fingerprint density at radius 2 is 1.25 bits per heavy atom. The number of fused-ring (bicyclic) bond motifs is 1. The van der Waals surface area contributed by atoms with Gasteiger partial charge in [0.05, 0.1) is 21.1 Å². The average molecular weight is 261 g/mol. The van der Waals surface area contributed by atoms with Crippen molar-refractivity contribution in [2.45, 2.75) is 0 Å². The molecule has 0 spiro atoms. The van der Waals surface area contributed by atoms with Crippen LogP contribution in [0.4, 0.5) is 11.6 Å². The smallest absolute Gasteiger partial charge is 0.195 e. The Balaban J connectivity index is 2.73. The third kappa shape index (κ3) is 1.83. The van der Waals surface area contributed by atoms with Gasteiger partial charge in [0, 0.05) is 0 Å². The topological polar surface area (TPSA) is 90.3 Å². The van der Waals surface area contributed by atoms with Crippen LogP contribution in [0.3, 0.4) is 0 Å². The summed E-state index contributed by atoms with van der Waals surface area (Å²) in [4.78, 5) is 7.95. The molecule has 16 heavy (non-hydrogen) atoms. The van der Waals surface area contributed by atoms with E-state index in [-0.39, 0.29) is 11.6 Å². The fourth-order valence-electron chi connectivity index (χ4n) is 1.21. The van der Waals surface area contributed by atoms with Crippen molar-refractivity contribution in [3.05, 3.63) is 22.2 Å². The molecule has 8 heteroatoms. The van der Waals surface area contributed by atoms with Crippen LogP contribution in [0.1, 0.15) is 0 Å². The van der Waals surface area contributed by atoms with Crippen molar-refractivity contribution in [1.82, 2.24) is 9.97 Å².